The lowest BCUT2D eigenvalue weighted by Gasteiger charge is -2.39. The molecule has 672 valence electrons. The smallest absolute Gasteiger partial charge is 0.171 e. The van der Waals surface area contributed by atoms with Crippen LogP contribution in [0.15, 0.2) is 479 Å². The first-order valence-electron chi connectivity index (χ1n) is 48.8. The molecule has 25 aromatic rings. The highest BCUT2D eigenvalue weighted by atomic mass is 31.2. The SMILES string of the molecule is C[Si]1(C)c2ccccc2P(=O)(c2cc3ccccc3c3ccccc23)c2cc(-n3c4ccccc4c4ccccc43)ccc21.C[Si]1(C)c2ccccc2P(=O)(c2ccc3ccccc3c2)c2cc(-c3cccc(-c4ccc5c6ccccc6c6ccccc6c5c4)c3)ccc21.C[Si]1(C)c2ccccc2P(=O)(c2cccc3ccccc23)c2cc(-c3cccc(-n4c5ccccc5c5ccccc54)c3)ccc21. The maximum absolute atomic E-state index is 16.5. The van der Waals surface area contributed by atoms with Gasteiger partial charge in [-0.15, -0.1) is 0 Å². The lowest BCUT2D eigenvalue weighted by Crippen LogP contribution is -2.67. The van der Waals surface area contributed by atoms with Crippen LogP contribution in [0.3, 0.4) is 0 Å². The zero-order valence-corrected chi connectivity index (χ0v) is 84.8. The first-order valence-corrected chi connectivity index (χ1v) is 62.9. The van der Waals surface area contributed by atoms with Gasteiger partial charge in [0.25, 0.3) is 0 Å². The molecule has 0 spiro atoms. The molecule has 28 rings (SSSR count). The Bertz CT molecular complexity index is 9640. The second-order valence-corrected chi connectivity index (χ2v) is 60.8. The standard InChI is InChI=1S/C48H35OPSi.C42H32NOPSi.C40H30NOPSi/c1-51(2)47-21-10-9-20-45(47)50(49,38-25-22-32-12-3-4-13-35(32)29-38)46-31-37(24-27-48(46)51)34-15-11-14-33(28-34)36-23-26-43-41-18-6-5-16-39(41)40-17-7-8-19-42(40)44(43)30-36;1-46(2)41-24-10-9-22-39(41)45(44,38-23-12-14-29-13-3-4-17-33(29)38)40-28-31(25-26-42(40)46)30-15-11-16-32(27-30)43-36-20-7-5-18-34(36)35-19-6-8-21-37(35)43;1-44(2)39-22-12-11-21-36(39)43(42,37-25-27-13-3-4-14-29(27)30-15-5-6-18-33(30)37)38-26-28(23-24-40(38)44)41-34-19-9-7-16-31(34)32-17-8-10-20-35(32)41/h3-31H,1-2H3;3-28H,1-2H3;3-26H,1-2H3. The van der Waals surface area contributed by atoms with E-state index in [2.05, 4.69) is 528 Å². The third-order valence-corrected chi connectivity index (χ3v) is 52.6. The molecule has 141 heavy (non-hydrogen) atoms. The lowest BCUT2D eigenvalue weighted by molar-refractivity contribution is 0.592. The monoisotopic (exact) mass is 1910 g/mol. The lowest BCUT2D eigenvalue weighted by atomic mass is 9.91. The van der Waals surface area contributed by atoms with Crippen molar-refractivity contribution < 1.29 is 13.7 Å². The van der Waals surface area contributed by atoms with Crippen LogP contribution in [0.1, 0.15) is 0 Å². The Morgan fingerprint density at radius 3 is 1.01 bits per heavy atom. The van der Waals surface area contributed by atoms with Crippen LogP contribution < -0.4 is 78.9 Å². The number of benzene rings is 23. The van der Waals surface area contributed by atoms with Gasteiger partial charge in [-0.25, -0.2) is 0 Å². The maximum atomic E-state index is 16.5. The molecule has 0 saturated heterocycles. The van der Waals surface area contributed by atoms with Crippen LogP contribution >= 0.6 is 21.4 Å². The summed E-state index contributed by atoms with van der Waals surface area (Å²) in [4.78, 5) is 0. The summed E-state index contributed by atoms with van der Waals surface area (Å²) in [6.07, 6.45) is 0. The normalized spacial score (nSPS) is 16.8. The molecule has 5 nitrogen and oxygen atoms in total. The first-order chi connectivity index (χ1) is 68.8. The number of nitrogens with zero attached hydrogens (tertiary/aromatic N) is 2. The van der Waals surface area contributed by atoms with Crippen LogP contribution in [0.4, 0.5) is 0 Å². The summed E-state index contributed by atoms with van der Waals surface area (Å²) in [5.41, 5.74) is 13.7. The fraction of sp³-hybridized carbons (Fsp3) is 0.0462. The quantitative estimate of drug-likeness (QED) is 0.0865. The van der Waals surface area contributed by atoms with E-state index in [1.54, 1.807) is 0 Å². The number of para-hydroxylation sites is 4. The van der Waals surface area contributed by atoms with Crippen LogP contribution in [0.2, 0.25) is 39.3 Å². The molecule has 0 radical (unpaired) electrons. The van der Waals surface area contributed by atoms with Crippen molar-refractivity contribution in [3.63, 3.8) is 0 Å². The molecule has 3 atom stereocenters. The van der Waals surface area contributed by atoms with Crippen LogP contribution in [0.5, 0.6) is 0 Å². The van der Waals surface area contributed by atoms with E-state index in [1.165, 1.54) is 113 Å². The van der Waals surface area contributed by atoms with Gasteiger partial charge < -0.3 is 22.8 Å². The van der Waals surface area contributed by atoms with Gasteiger partial charge in [0, 0.05) is 80.7 Å². The van der Waals surface area contributed by atoms with Crippen LogP contribution in [-0.4, -0.2) is 33.4 Å². The summed E-state index contributed by atoms with van der Waals surface area (Å²) in [5.74, 6) is 0. The largest absolute Gasteiger partial charge is 0.309 e. The van der Waals surface area contributed by atoms with Crippen molar-refractivity contribution in [1.82, 2.24) is 9.13 Å². The molecule has 0 bridgehead atoms. The molecular formula is C130H97N2O3P3Si3. The van der Waals surface area contributed by atoms with Crippen LogP contribution in [0, 0.1) is 0 Å². The van der Waals surface area contributed by atoms with E-state index in [4.69, 9.17) is 0 Å². The van der Waals surface area contributed by atoms with Crippen molar-refractivity contribution in [3.05, 3.63) is 479 Å². The molecule has 0 amide bonds. The topological polar surface area (TPSA) is 61.1 Å². The van der Waals surface area contributed by atoms with Gasteiger partial charge in [0.2, 0.25) is 0 Å². The summed E-state index contributed by atoms with van der Waals surface area (Å²) >= 11 is 0. The van der Waals surface area contributed by atoms with Gasteiger partial charge in [-0.1, -0.05) is 434 Å². The van der Waals surface area contributed by atoms with E-state index < -0.39 is 45.6 Å². The number of rotatable bonds is 8. The van der Waals surface area contributed by atoms with E-state index in [1.807, 2.05) is 0 Å². The molecule has 0 N–H and O–H groups in total. The van der Waals surface area contributed by atoms with Crippen molar-refractivity contribution in [1.29, 1.82) is 0 Å². The first kappa shape index (κ1) is 86.2. The minimum absolute atomic E-state index is 0.904. The molecule has 2 aromatic heterocycles. The third kappa shape index (κ3) is 13.3. The molecule has 3 aliphatic heterocycles. The zero-order chi connectivity index (χ0) is 95.0. The fourth-order valence-corrected chi connectivity index (χ4v) is 49.3. The highest BCUT2D eigenvalue weighted by molar-refractivity contribution is 7.88. The molecule has 0 saturated carbocycles. The summed E-state index contributed by atoms with van der Waals surface area (Å²) in [6.45, 7) is 14.4. The molecule has 0 fully saturated rings. The average molecular weight is 1910 g/mol. The van der Waals surface area contributed by atoms with Crippen molar-refractivity contribution in [2.75, 3.05) is 0 Å². The van der Waals surface area contributed by atoms with Crippen LogP contribution in [-0.2, 0) is 13.7 Å². The fourth-order valence-electron chi connectivity index (χ4n) is 24.2. The van der Waals surface area contributed by atoms with Gasteiger partial charge in [0.05, 0.1) is 22.1 Å². The van der Waals surface area contributed by atoms with Gasteiger partial charge in [-0.2, -0.15) is 0 Å². The number of hydrogen-bond donors (Lipinski definition) is 0. The number of hydrogen-bond acceptors (Lipinski definition) is 3. The maximum Gasteiger partial charge on any atom is 0.171 e. The molecule has 3 aliphatic rings. The van der Waals surface area contributed by atoms with Crippen molar-refractivity contribution in [2.24, 2.45) is 0 Å². The molecule has 23 aromatic carbocycles. The Hall–Kier alpha value is -15.2. The van der Waals surface area contributed by atoms with E-state index >= 15 is 13.7 Å². The molecule has 0 aliphatic carbocycles. The predicted octanol–water partition coefficient (Wildman–Crippen LogP) is 26.7. The second kappa shape index (κ2) is 33.0. The Morgan fingerprint density at radius 2 is 0.482 bits per heavy atom. The third-order valence-electron chi connectivity index (χ3n) is 31.2. The zero-order valence-electron chi connectivity index (χ0n) is 79.1. The summed E-state index contributed by atoms with van der Waals surface area (Å²) in [6, 6.07) is 171. The molecule has 5 heterocycles. The highest BCUT2D eigenvalue weighted by Crippen LogP contribution is 2.52. The summed E-state index contributed by atoms with van der Waals surface area (Å²) in [7, 11) is -16.1. The highest BCUT2D eigenvalue weighted by Gasteiger charge is 2.50. The second-order valence-electron chi connectivity index (χ2n) is 39.8. The Labute approximate surface area is 823 Å². The summed E-state index contributed by atoms with van der Waals surface area (Å²) in [5, 5.41) is 38.0. The number of aromatic nitrogens is 2. The Kier molecular flexibility index (Phi) is 20.2. The van der Waals surface area contributed by atoms with E-state index in [-0.39, 0.29) is 0 Å². The summed E-state index contributed by atoms with van der Waals surface area (Å²) < 4.78 is 53.4. The molecular weight excluding hydrogens is 1810 g/mol. The van der Waals surface area contributed by atoms with Gasteiger partial charge in [-0.3, -0.25) is 0 Å². The number of fused-ring (bicyclic) bond motifs is 23. The minimum atomic E-state index is -3.30. The Morgan fingerprint density at radius 1 is 0.163 bits per heavy atom. The Balaban J connectivity index is 0.000000109. The van der Waals surface area contributed by atoms with Gasteiger partial charge in [0.15, 0.2) is 21.4 Å². The van der Waals surface area contributed by atoms with Crippen molar-refractivity contribution in [3.8, 4) is 44.8 Å². The minimum Gasteiger partial charge on any atom is -0.309 e. The van der Waals surface area contributed by atoms with Crippen LogP contribution in [0.25, 0.3) is 164 Å². The predicted molar refractivity (Wildman–Crippen MR) is 615 cm³/mol. The molecule has 3 unspecified atom stereocenters. The van der Waals surface area contributed by atoms with E-state index in [0.717, 1.165) is 130 Å². The molecule has 11 heteroatoms. The van der Waals surface area contributed by atoms with Crippen molar-refractivity contribution in [2.45, 2.75) is 39.3 Å². The average Bonchev–Trinajstić information content (AvgIpc) is 0.934. The van der Waals surface area contributed by atoms with E-state index in [0.29, 0.717) is 0 Å². The van der Waals surface area contributed by atoms with E-state index in [9.17, 15) is 0 Å². The van der Waals surface area contributed by atoms with Crippen molar-refractivity contribution >= 4 is 244 Å². The van der Waals surface area contributed by atoms with Gasteiger partial charge in [0.1, 0.15) is 24.2 Å². The van der Waals surface area contributed by atoms with Gasteiger partial charge in [-0.05, 0) is 225 Å². The van der Waals surface area contributed by atoms with Gasteiger partial charge >= 0.3 is 0 Å².